The Balaban J connectivity index is 1.60. The zero-order valence-electron chi connectivity index (χ0n) is 14.5. The molecule has 128 valence electrons. The highest BCUT2D eigenvalue weighted by atomic mass is 16.2. The number of nitrogens with zero attached hydrogens (tertiary/aromatic N) is 5. The summed E-state index contributed by atoms with van der Waals surface area (Å²) >= 11 is 0. The van der Waals surface area contributed by atoms with Crippen molar-refractivity contribution in [3.8, 4) is 0 Å². The first-order chi connectivity index (χ1) is 10.9. The van der Waals surface area contributed by atoms with Crippen LogP contribution in [0.25, 0.3) is 0 Å². The Morgan fingerprint density at radius 3 is 2.87 bits per heavy atom. The Kier molecular flexibility index (Phi) is 4.68. The maximum absolute atomic E-state index is 12.1. The monoisotopic (exact) mass is 320 g/mol. The molecule has 0 bridgehead atoms. The Hall–Kier alpha value is -1.47. The summed E-state index contributed by atoms with van der Waals surface area (Å²) < 4.78 is 1.92. The minimum atomic E-state index is -0.0388. The summed E-state index contributed by atoms with van der Waals surface area (Å²) in [6.07, 6.45) is 4.28. The number of carbonyl (C=O) groups excluding carboxylic acids is 1. The molecule has 23 heavy (non-hydrogen) atoms. The topological polar surface area (TPSA) is 66.3 Å². The van der Waals surface area contributed by atoms with E-state index in [1.165, 1.54) is 0 Å². The lowest BCUT2D eigenvalue weighted by atomic mass is 10.0. The third-order valence-electron chi connectivity index (χ3n) is 4.66. The molecule has 7 heteroatoms. The van der Waals surface area contributed by atoms with Gasteiger partial charge in [0.15, 0.2) is 0 Å². The largest absolute Gasteiger partial charge is 0.336 e. The number of amides is 1. The molecule has 3 heterocycles. The Morgan fingerprint density at radius 2 is 2.17 bits per heavy atom. The van der Waals surface area contributed by atoms with E-state index in [0.717, 1.165) is 51.3 Å². The van der Waals surface area contributed by atoms with Gasteiger partial charge in [-0.1, -0.05) is 5.21 Å². The van der Waals surface area contributed by atoms with Crippen LogP contribution in [0.2, 0.25) is 0 Å². The summed E-state index contributed by atoms with van der Waals surface area (Å²) in [6.45, 7) is 11.4. The minimum absolute atomic E-state index is 0.0388. The lowest BCUT2D eigenvalue weighted by Crippen LogP contribution is -2.56. The number of piperazine rings is 1. The Morgan fingerprint density at radius 1 is 1.35 bits per heavy atom. The van der Waals surface area contributed by atoms with Gasteiger partial charge >= 0.3 is 0 Å². The minimum Gasteiger partial charge on any atom is -0.336 e. The van der Waals surface area contributed by atoms with E-state index in [4.69, 9.17) is 0 Å². The Labute approximate surface area is 138 Å². The van der Waals surface area contributed by atoms with E-state index < -0.39 is 0 Å². The van der Waals surface area contributed by atoms with Crippen LogP contribution in [-0.4, -0.2) is 69.5 Å². The maximum Gasteiger partial charge on any atom is 0.236 e. The fraction of sp³-hybridized carbons (Fsp3) is 0.812. The van der Waals surface area contributed by atoms with Crippen molar-refractivity contribution in [1.29, 1.82) is 0 Å². The molecule has 1 N–H and O–H groups in total. The molecule has 0 saturated carbocycles. The zero-order valence-corrected chi connectivity index (χ0v) is 14.5. The molecule has 0 spiro atoms. The summed E-state index contributed by atoms with van der Waals surface area (Å²) in [5.41, 5.74) is 0.968. The van der Waals surface area contributed by atoms with E-state index in [1.807, 2.05) is 10.9 Å². The highest BCUT2D eigenvalue weighted by Gasteiger charge is 2.30. The van der Waals surface area contributed by atoms with Gasteiger partial charge in [-0.25, -0.2) is 4.68 Å². The van der Waals surface area contributed by atoms with Crippen LogP contribution in [0, 0.1) is 0 Å². The second-order valence-electron chi connectivity index (χ2n) is 7.62. The molecule has 3 rings (SSSR count). The summed E-state index contributed by atoms with van der Waals surface area (Å²) in [4.78, 5) is 16.6. The average Bonchev–Trinajstić information content (AvgIpc) is 2.97. The van der Waals surface area contributed by atoms with Gasteiger partial charge in [-0.3, -0.25) is 9.69 Å². The van der Waals surface area contributed by atoms with Crippen molar-refractivity contribution < 1.29 is 4.79 Å². The van der Waals surface area contributed by atoms with Gasteiger partial charge in [-0.2, -0.15) is 0 Å². The van der Waals surface area contributed by atoms with Crippen LogP contribution in [-0.2, 0) is 16.9 Å². The molecule has 1 unspecified atom stereocenters. The molecule has 2 fully saturated rings. The van der Waals surface area contributed by atoms with Crippen LogP contribution in [0.15, 0.2) is 6.20 Å². The van der Waals surface area contributed by atoms with Crippen molar-refractivity contribution in [1.82, 2.24) is 30.1 Å². The van der Waals surface area contributed by atoms with Gasteiger partial charge in [-0.05, 0) is 40.2 Å². The highest BCUT2D eigenvalue weighted by molar-refractivity contribution is 5.79. The molecule has 1 amide bonds. The number of nitrogens with one attached hydrogen (secondary N) is 1. The predicted octanol–water partition coefficient (Wildman–Crippen LogP) is 0.429. The van der Waals surface area contributed by atoms with Gasteiger partial charge in [0.1, 0.15) is 0 Å². The number of carbonyl (C=O) groups is 1. The fourth-order valence-corrected chi connectivity index (χ4v) is 3.36. The molecule has 2 aliphatic rings. The molecule has 1 aromatic heterocycles. The van der Waals surface area contributed by atoms with E-state index in [9.17, 15) is 4.79 Å². The third-order valence-corrected chi connectivity index (χ3v) is 4.66. The smallest absolute Gasteiger partial charge is 0.236 e. The summed E-state index contributed by atoms with van der Waals surface area (Å²) in [6, 6.07) is 0.344. The molecule has 1 atom stereocenters. The van der Waals surface area contributed by atoms with Crippen LogP contribution in [0.3, 0.4) is 0 Å². The van der Waals surface area contributed by atoms with Gasteiger partial charge in [0.25, 0.3) is 0 Å². The van der Waals surface area contributed by atoms with Crippen LogP contribution in [0.4, 0.5) is 0 Å². The number of rotatable bonds is 3. The third kappa shape index (κ3) is 3.90. The first-order valence-corrected chi connectivity index (χ1v) is 8.58. The second kappa shape index (κ2) is 6.57. The lowest BCUT2D eigenvalue weighted by molar-refractivity contribution is -0.135. The SMILES string of the molecule is CC(C)(C)n1cc(CN2CCCC(N3CCNCC3=O)C2)nn1. The first-order valence-electron chi connectivity index (χ1n) is 8.58. The molecule has 1 aromatic rings. The highest BCUT2D eigenvalue weighted by Crippen LogP contribution is 2.19. The quantitative estimate of drug-likeness (QED) is 0.875. The molecular weight excluding hydrogens is 292 g/mol. The number of aromatic nitrogens is 3. The average molecular weight is 320 g/mol. The fourth-order valence-electron chi connectivity index (χ4n) is 3.36. The van der Waals surface area contributed by atoms with Crippen LogP contribution in [0.5, 0.6) is 0 Å². The first kappa shape index (κ1) is 16.4. The van der Waals surface area contributed by atoms with E-state index in [2.05, 4.69) is 46.2 Å². The molecule has 7 nitrogen and oxygen atoms in total. The van der Waals surface area contributed by atoms with Crippen molar-refractivity contribution in [3.05, 3.63) is 11.9 Å². The van der Waals surface area contributed by atoms with Gasteiger partial charge in [0.2, 0.25) is 5.91 Å². The molecule has 0 aromatic carbocycles. The molecular formula is C16H28N6O. The molecule has 2 saturated heterocycles. The van der Waals surface area contributed by atoms with E-state index >= 15 is 0 Å². The second-order valence-corrected chi connectivity index (χ2v) is 7.62. The normalized spacial score (nSPS) is 24.2. The van der Waals surface area contributed by atoms with Crippen LogP contribution >= 0.6 is 0 Å². The molecule has 2 aliphatic heterocycles. The standard InChI is InChI=1S/C16H28N6O/c1-16(2,3)22-11-13(18-19-22)10-20-7-4-5-14(12-20)21-8-6-17-9-15(21)23/h11,14,17H,4-10,12H2,1-3H3. The van der Waals surface area contributed by atoms with Crippen molar-refractivity contribution in [3.63, 3.8) is 0 Å². The molecule has 0 aliphatic carbocycles. The number of hydrogen-bond acceptors (Lipinski definition) is 5. The van der Waals surface area contributed by atoms with Crippen molar-refractivity contribution >= 4 is 5.91 Å². The van der Waals surface area contributed by atoms with Gasteiger partial charge in [0.05, 0.1) is 24.0 Å². The van der Waals surface area contributed by atoms with Gasteiger partial charge in [-0.15, -0.1) is 5.10 Å². The van der Waals surface area contributed by atoms with Crippen LogP contribution < -0.4 is 5.32 Å². The van der Waals surface area contributed by atoms with Gasteiger partial charge in [0, 0.05) is 32.2 Å². The van der Waals surface area contributed by atoms with Crippen molar-refractivity contribution in [2.24, 2.45) is 0 Å². The van der Waals surface area contributed by atoms with Crippen LogP contribution in [0.1, 0.15) is 39.3 Å². The van der Waals surface area contributed by atoms with Crippen molar-refractivity contribution in [2.45, 2.75) is 51.7 Å². The molecule has 0 radical (unpaired) electrons. The lowest BCUT2D eigenvalue weighted by Gasteiger charge is -2.40. The van der Waals surface area contributed by atoms with E-state index in [0.29, 0.717) is 12.6 Å². The van der Waals surface area contributed by atoms with E-state index in [1.54, 1.807) is 0 Å². The zero-order chi connectivity index (χ0) is 16.4. The number of likely N-dealkylation sites (tertiary alicyclic amines) is 1. The summed E-state index contributed by atoms with van der Waals surface area (Å²) in [5, 5.41) is 11.7. The van der Waals surface area contributed by atoms with Crippen molar-refractivity contribution in [2.75, 3.05) is 32.7 Å². The van der Waals surface area contributed by atoms with E-state index in [-0.39, 0.29) is 11.4 Å². The number of hydrogen-bond donors (Lipinski definition) is 1. The predicted molar refractivity (Wildman–Crippen MR) is 87.9 cm³/mol. The number of piperidine rings is 1. The Bertz CT molecular complexity index is 549. The summed E-state index contributed by atoms with van der Waals surface area (Å²) in [5.74, 6) is 0.238. The maximum atomic E-state index is 12.1. The summed E-state index contributed by atoms with van der Waals surface area (Å²) in [7, 11) is 0. The van der Waals surface area contributed by atoms with Gasteiger partial charge < -0.3 is 10.2 Å².